The van der Waals surface area contributed by atoms with E-state index in [9.17, 15) is 14.5 Å². The van der Waals surface area contributed by atoms with Gasteiger partial charge in [0.05, 0.1) is 4.75 Å². The molecule has 1 aromatic rings. The topological polar surface area (TPSA) is 88.1 Å². The quantitative estimate of drug-likeness (QED) is 0.335. The first-order valence-electron chi connectivity index (χ1n) is 7.50. The molecule has 0 fully saturated rings. The van der Waals surface area contributed by atoms with E-state index < -0.39 is 16.8 Å². The van der Waals surface area contributed by atoms with Gasteiger partial charge in [0, 0.05) is 42.7 Å². The van der Waals surface area contributed by atoms with Crippen molar-refractivity contribution in [3.63, 3.8) is 0 Å². The minimum atomic E-state index is -0.999. The molecule has 0 aliphatic carbocycles. The number of nitrogens with zero attached hydrogens (tertiary/aromatic N) is 2. The fourth-order valence-electron chi connectivity index (χ4n) is 1.92. The molecule has 0 saturated heterocycles. The van der Waals surface area contributed by atoms with Crippen molar-refractivity contribution in [2.45, 2.75) is 38.0 Å². The maximum atomic E-state index is 12.5. The van der Waals surface area contributed by atoms with Crippen molar-refractivity contribution < 1.29 is 14.3 Å². The zero-order chi connectivity index (χ0) is 18.3. The zero-order valence-corrected chi connectivity index (χ0v) is 15.3. The number of anilines is 1. The van der Waals surface area contributed by atoms with Gasteiger partial charge in [-0.1, -0.05) is 6.92 Å². The van der Waals surface area contributed by atoms with Gasteiger partial charge in [-0.3, -0.25) is 4.79 Å². The molecule has 1 rings (SSSR count). The summed E-state index contributed by atoms with van der Waals surface area (Å²) in [5, 5.41) is 2.60. The van der Waals surface area contributed by atoms with Crippen molar-refractivity contribution in [2.75, 3.05) is 19.0 Å². The summed E-state index contributed by atoms with van der Waals surface area (Å²) in [4.78, 5) is 36.7. The molecule has 0 spiro atoms. The molecule has 0 unspecified atom stereocenters. The lowest BCUT2D eigenvalue weighted by Crippen LogP contribution is -2.53. The lowest BCUT2D eigenvalue weighted by molar-refractivity contribution is -0.140. The summed E-state index contributed by atoms with van der Waals surface area (Å²) >= 11 is 0.687. The van der Waals surface area contributed by atoms with Crippen LogP contribution in [0.3, 0.4) is 0 Å². The third-order valence-electron chi connectivity index (χ3n) is 3.40. The Morgan fingerprint density at radius 3 is 2.33 bits per heavy atom. The lowest BCUT2D eigenvalue weighted by atomic mass is 10.0. The average Bonchev–Trinajstić information content (AvgIpc) is 2.52. The third-order valence-corrected chi connectivity index (χ3v) is 4.18. The maximum absolute atomic E-state index is 12.5. The Morgan fingerprint density at radius 2 is 1.88 bits per heavy atom. The number of benzene rings is 1. The predicted molar refractivity (Wildman–Crippen MR) is 96.1 cm³/mol. The summed E-state index contributed by atoms with van der Waals surface area (Å²) in [6.07, 6.45) is 0.219. The van der Waals surface area contributed by atoms with E-state index in [2.05, 4.69) is 9.90 Å². The van der Waals surface area contributed by atoms with Crippen LogP contribution in [0.25, 0.3) is 0 Å². The molecule has 0 saturated carbocycles. The van der Waals surface area contributed by atoms with Gasteiger partial charge in [0.25, 0.3) is 0 Å². The van der Waals surface area contributed by atoms with Gasteiger partial charge in [-0.25, -0.2) is 4.79 Å². The van der Waals surface area contributed by atoms with Crippen molar-refractivity contribution in [3.05, 3.63) is 29.2 Å². The number of nitroso groups, excluding NO2 is 1. The number of carbonyl (C=O) groups excluding carboxylic acids is 2. The van der Waals surface area contributed by atoms with E-state index >= 15 is 0 Å². The van der Waals surface area contributed by atoms with Crippen LogP contribution in [0.1, 0.15) is 27.2 Å². The molecule has 1 N–H and O–H groups in total. The number of carbonyl (C=O) groups is 2. The molecule has 0 radical (unpaired) electrons. The Bertz CT molecular complexity index is 587. The molecule has 0 bridgehead atoms. The summed E-state index contributed by atoms with van der Waals surface area (Å²) in [5.41, 5.74) is 0.965. The van der Waals surface area contributed by atoms with Gasteiger partial charge in [-0.05, 0) is 38.1 Å². The summed E-state index contributed by atoms with van der Waals surface area (Å²) in [6, 6.07) is 5.97. The third kappa shape index (κ3) is 5.52. The molecule has 1 aromatic carbocycles. The number of hydrogen-bond acceptors (Lipinski definition) is 7. The highest BCUT2D eigenvalue weighted by molar-refractivity contribution is 7.99. The number of amides is 1. The molecular weight excluding hydrogens is 330 g/mol. The van der Waals surface area contributed by atoms with Crippen LogP contribution in [0.15, 0.2) is 28.8 Å². The summed E-state index contributed by atoms with van der Waals surface area (Å²) in [5.74, 6) is -0.587. The van der Waals surface area contributed by atoms with Gasteiger partial charge in [-0.2, -0.15) is 0 Å². The van der Waals surface area contributed by atoms with Crippen LogP contribution in [-0.2, 0) is 9.59 Å². The number of rotatable bonds is 8. The number of ether oxygens (including phenoxy) is 1. The van der Waals surface area contributed by atoms with Crippen LogP contribution >= 0.6 is 11.9 Å². The molecular formula is C16H23N3O4S. The van der Waals surface area contributed by atoms with Gasteiger partial charge < -0.3 is 15.0 Å². The Balaban J connectivity index is 2.94. The van der Waals surface area contributed by atoms with Crippen molar-refractivity contribution in [1.82, 2.24) is 5.32 Å². The first-order valence-corrected chi connectivity index (χ1v) is 8.28. The largest absolute Gasteiger partial charge is 0.425 e. The second-order valence-corrected chi connectivity index (χ2v) is 7.32. The second-order valence-electron chi connectivity index (χ2n) is 5.93. The van der Waals surface area contributed by atoms with Crippen LogP contribution in [0.5, 0.6) is 5.75 Å². The fraction of sp³-hybridized carbons (Fsp3) is 0.500. The minimum absolute atomic E-state index is 0.219. The van der Waals surface area contributed by atoms with Crippen LogP contribution in [0.2, 0.25) is 0 Å². The number of nitrogens with one attached hydrogen (secondary N) is 1. The van der Waals surface area contributed by atoms with Gasteiger partial charge in [0.1, 0.15) is 11.8 Å². The van der Waals surface area contributed by atoms with E-state index in [1.54, 1.807) is 32.9 Å². The average molecular weight is 353 g/mol. The number of hydrogen-bond donors (Lipinski definition) is 1. The highest BCUT2D eigenvalue weighted by atomic mass is 32.2. The minimum Gasteiger partial charge on any atom is -0.425 e. The highest BCUT2D eigenvalue weighted by Gasteiger charge is 2.39. The number of esters is 1. The summed E-state index contributed by atoms with van der Waals surface area (Å²) < 4.78 is 7.21. The fourth-order valence-corrected chi connectivity index (χ4v) is 2.37. The lowest BCUT2D eigenvalue weighted by Gasteiger charge is -2.29. The van der Waals surface area contributed by atoms with Crippen molar-refractivity contribution >= 4 is 29.5 Å². The Labute approximate surface area is 146 Å². The first-order chi connectivity index (χ1) is 11.2. The first kappa shape index (κ1) is 20.0. The van der Waals surface area contributed by atoms with E-state index in [-0.39, 0.29) is 12.3 Å². The molecule has 0 aliphatic rings. The van der Waals surface area contributed by atoms with Crippen LogP contribution in [0, 0.1) is 4.91 Å². The molecule has 7 nitrogen and oxygen atoms in total. The molecule has 0 aromatic heterocycles. The van der Waals surface area contributed by atoms with E-state index in [0.717, 1.165) is 5.69 Å². The maximum Gasteiger partial charge on any atom is 0.335 e. The SMILES string of the molecule is CCC(=O)N[C@H](C(=O)Oc1ccc(N(C)C)cc1)C(C)(C)SN=O. The molecule has 0 aliphatic heterocycles. The molecule has 132 valence electrons. The summed E-state index contributed by atoms with van der Waals surface area (Å²) in [6.45, 7) is 4.97. The van der Waals surface area contributed by atoms with Gasteiger partial charge >= 0.3 is 5.97 Å². The van der Waals surface area contributed by atoms with Gasteiger partial charge in [0.15, 0.2) is 0 Å². The van der Waals surface area contributed by atoms with Crippen molar-refractivity contribution in [3.8, 4) is 5.75 Å². The predicted octanol–water partition coefficient (Wildman–Crippen LogP) is 2.75. The normalized spacial score (nSPS) is 12.2. The Morgan fingerprint density at radius 1 is 1.29 bits per heavy atom. The molecule has 8 heteroatoms. The van der Waals surface area contributed by atoms with Crippen molar-refractivity contribution in [1.29, 1.82) is 0 Å². The van der Waals surface area contributed by atoms with Crippen LogP contribution in [0.4, 0.5) is 5.69 Å². The van der Waals surface area contributed by atoms with E-state index in [4.69, 9.17) is 4.74 Å². The molecule has 0 heterocycles. The Kier molecular flexibility index (Phi) is 7.21. The standard InChI is InChI=1S/C16H23N3O4S/c1-6-13(20)17-14(16(2,3)24-18-22)15(21)23-12-9-7-11(8-10-12)19(4)5/h7-10,14H,6H2,1-5H3,(H,17,20)/t14-/m1/s1. The smallest absolute Gasteiger partial charge is 0.335 e. The van der Waals surface area contributed by atoms with Gasteiger partial charge in [0.2, 0.25) is 5.91 Å². The van der Waals surface area contributed by atoms with Crippen LogP contribution < -0.4 is 15.0 Å². The van der Waals surface area contributed by atoms with E-state index in [1.807, 2.05) is 31.1 Å². The molecule has 24 heavy (non-hydrogen) atoms. The Hall–Kier alpha value is -2.09. The summed E-state index contributed by atoms with van der Waals surface area (Å²) in [7, 11) is 3.81. The van der Waals surface area contributed by atoms with E-state index in [0.29, 0.717) is 17.7 Å². The molecule has 1 amide bonds. The van der Waals surface area contributed by atoms with Gasteiger partial charge in [-0.15, -0.1) is 4.91 Å². The van der Waals surface area contributed by atoms with Crippen molar-refractivity contribution in [2.24, 2.45) is 4.58 Å². The zero-order valence-electron chi connectivity index (χ0n) is 14.5. The second kappa shape index (κ2) is 8.68. The molecule has 1 atom stereocenters. The van der Waals surface area contributed by atoms with Crippen LogP contribution in [-0.4, -0.2) is 36.8 Å². The monoisotopic (exact) mass is 353 g/mol. The highest BCUT2D eigenvalue weighted by Crippen LogP contribution is 2.30. The van der Waals surface area contributed by atoms with E-state index in [1.165, 1.54) is 0 Å².